The van der Waals surface area contributed by atoms with Gasteiger partial charge in [0.1, 0.15) is 0 Å². The Balaban J connectivity index is 2.65. The number of hydrogen-bond acceptors (Lipinski definition) is 5. The number of carbonyl (C=O) groups excluding carboxylic acids is 2. The van der Waals surface area contributed by atoms with E-state index in [0.717, 1.165) is 25.8 Å². The van der Waals surface area contributed by atoms with Crippen molar-refractivity contribution in [1.82, 2.24) is 5.32 Å². The van der Waals surface area contributed by atoms with E-state index in [1.165, 1.54) is 14.2 Å². The van der Waals surface area contributed by atoms with Gasteiger partial charge in [0.05, 0.1) is 26.1 Å². The first-order valence-electron chi connectivity index (χ1n) is 6.53. The van der Waals surface area contributed by atoms with E-state index < -0.39 is 0 Å². The summed E-state index contributed by atoms with van der Waals surface area (Å²) >= 11 is 0. The van der Waals surface area contributed by atoms with Crippen LogP contribution in [0.15, 0.2) is 0 Å². The number of rotatable bonds is 5. The predicted octanol–water partition coefficient (Wildman–Crippen LogP) is 1.12. The first kappa shape index (κ1) is 15.0. The van der Waals surface area contributed by atoms with Crippen molar-refractivity contribution in [2.75, 3.05) is 20.8 Å². The topological polar surface area (TPSA) is 64.6 Å². The summed E-state index contributed by atoms with van der Waals surface area (Å²) in [6, 6.07) is 0.00949. The first-order valence-corrected chi connectivity index (χ1v) is 6.53. The Morgan fingerprint density at radius 1 is 1.33 bits per heavy atom. The minimum atomic E-state index is -0.200. The molecule has 1 N–H and O–H groups in total. The van der Waals surface area contributed by atoms with Gasteiger partial charge < -0.3 is 14.8 Å². The molecule has 1 saturated heterocycles. The molecule has 18 heavy (non-hydrogen) atoms. The van der Waals surface area contributed by atoms with E-state index >= 15 is 0 Å². The third-order valence-corrected chi connectivity index (χ3v) is 3.65. The van der Waals surface area contributed by atoms with Crippen LogP contribution in [-0.4, -0.2) is 38.7 Å². The van der Waals surface area contributed by atoms with Crippen molar-refractivity contribution in [3.63, 3.8) is 0 Å². The Morgan fingerprint density at radius 3 is 2.61 bits per heavy atom. The molecule has 1 rings (SSSR count). The van der Waals surface area contributed by atoms with E-state index in [9.17, 15) is 9.59 Å². The van der Waals surface area contributed by atoms with Crippen molar-refractivity contribution >= 4 is 11.9 Å². The highest BCUT2D eigenvalue weighted by atomic mass is 16.5. The highest BCUT2D eigenvalue weighted by molar-refractivity contribution is 5.74. The van der Waals surface area contributed by atoms with Gasteiger partial charge >= 0.3 is 11.9 Å². The molecule has 0 radical (unpaired) electrons. The van der Waals surface area contributed by atoms with Crippen molar-refractivity contribution < 1.29 is 19.1 Å². The quantitative estimate of drug-likeness (QED) is 0.748. The molecule has 0 bridgehead atoms. The average Bonchev–Trinajstić information content (AvgIpc) is 2.43. The van der Waals surface area contributed by atoms with Gasteiger partial charge in [0.25, 0.3) is 0 Å². The molecule has 1 heterocycles. The van der Waals surface area contributed by atoms with Crippen molar-refractivity contribution in [2.24, 2.45) is 11.8 Å². The average molecular weight is 257 g/mol. The summed E-state index contributed by atoms with van der Waals surface area (Å²) < 4.78 is 9.61. The fraction of sp³-hybridized carbons (Fsp3) is 0.846. The second-order valence-electron chi connectivity index (χ2n) is 4.70. The molecular formula is C13H23NO4. The third kappa shape index (κ3) is 3.70. The van der Waals surface area contributed by atoms with E-state index in [2.05, 4.69) is 5.32 Å². The van der Waals surface area contributed by atoms with Crippen molar-refractivity contribution in [2.45, 2.75) is 38.6 Å². The fourth-order valence-corrected chi connectivity index (χ4v) is 2.54. The summed E-state index contributed by atoms with van der Waals surface area (Å²) in [5.41, 5.74) is 0. The lowest BCUT2D eigenvalue weighted by molar-refractivity contribution is -0.150. The summed E-state index contributed by atoms with van der Waals surface area (Å²) in [7, 11) is 2.81. The number of hydrogen-bond donors (Lipinski definition) is 1. The van der Waals surface area contributed by atoms with Crippen LogP contribution in [0.2, 0.25) is 0 Å². The molecule has 0 aliphatic carbocycles. The normalized spacial score (nSPS) is 25.3. The van der Waals surface area contributed by atoms with E-state index in [0.29, 0.717) is 6.42 Å². The van der Waals surface area contributed by atoms with Gasteiger partial charge in [0.15, 0.2) is 0 Å². The molecule has 2 unspecified atom stereocenters. The van der Waals surface area contributed by atoms with Gasteiger partial charge in [0.2, 0.25) is 0 Å². The largest absolute Gasteiger partial charge is 0.469 e. The number of piperidine rings is 1. The number of ether oxygens (including phenoxy) is 2. The summed E-state index contributed by atoms with van der Waals surface area (Å²) in [4.78, 5) is 23.3. The molecule has 5 nitrogen and oxygen atoms in total. The van der Waals surface area contributed by atoms with E-state index in [-0.39, 0.29) is 29.8 Å². The summed E-state index contributed by atoms with van der Waals surface area (Å²) in [6.45, 7) is 2.84. The smallest absolute Gasteiger partial charge is 0.310 e. The molecule has 0 aromatic heterocycles. The monoisotopic (exact) mass is 257 g/mol. The molecule has 1 fully saturated rings. The lowest BCUT2D eigenvalue weighted by Crippen LogP contribution is -2.46. The molecule has 0 spiro atoms. The Bertz CT molecular complexity index is 293. The Kier molecular flexibility index (Phi) is 6.12. The fourth-order valence-electron chi connectivity index (χ4n) is 2.54. The van der Waals surface area contributed by atoms with E-state index in [1.54, 1.807) is 0 Å². The van der Waals surface area contributed by atoms with Gasteiger partial charge in [-0.25, -0.2) is 0 Å². The zero-order valence-corrected chi connectivity index (χ0v) is 11.4. The molecular weight excluding hydrogens is 234 g/mol. The molecule has 5 heteroatoms. The first-order chi connectivity index (χ1) is 8.63. The van der Waals surface area contributed by atoms with Gasteiger partial charge in [-0.3, -0.25) is 9.59 Å². The Hall–Kier alpha value is -1.10. The van der Waals surface area contributed by atoms with Crippen molar-refractivity contribution in [3.05, 3.63) is 0 Å². The summed E-state index contributed by atoms with van der Waals surface area (Å²) in [5, 5.41) is 3.32. The maximum Gasteiger partial charge on any atom is 0.310 e. The SMILES string of the molecule is CC[C@@H](CC1NCCCC1C(=O)OC)C(=O)OC. The number of carbonyl (C=O) groups is 2. The lowest BCUT2D eigenvalue weighted by Gasteiger charge is -2.32. The Labute approximate surface area is 108 Å². The maximum absolute atomic E-state index is 11.7. The highest BCUT2D eigenvalue weighted by Gasteiger charge is 2.34. The van der Waals surface area contributed by atoms with Crippen LogP contribution in [0.25, 0.3) is 0 Å². The third-order valence-electron chi connectivity index (χ3n) is 3.65. The number of methoxy groups -OCH3 is 2. The van der Waals surface area contributed by atoms with Crippen LogP contribution in [0.3, 0.4) is 0 Å². The minimum Gasteiger partial charge on any atom is -0.469 e. The van der Waals surface area contributed by atoms with Gasteiger partial charge in [-0.2, -0.15) is 0 Å². The van der Waals surface area contributed by atoms with Crippen molar-refractivity contribution in [3.8, 4) is 0 Å². The highest BCUT2D eigenvalue weighted by Crippen LogP contribution is 2.25. The second-order valence-corrected chi connectivity index (χ2v) is 4.70. The van der Waals surface area contributed by atoms with Crippen LogP contribution in [0.1, 0.15) is 32.6 Å². The van der Waals surface area contributed by atoms with Crippen LogP contribution in [0.4, 0.5) is 0 Å². The molecule has 1 aliphatic rings. The lowest BCUT2D eigenvalue weighted by atomic mass is 9.84. The van der Waals surface area contributed by atoms with Crippen LogP contribution in [0, 0.1) is 11.8 Å². The zero-order valence-electron chi connectivity index (χ0n) is 11.4. The summed E-state index contributed by atoms with van der Waals surface area (Å²) in [5.74, 6) is -0.694. The van der Waals surface area contributed by atoms with Crippen LogP contribution in [-0.2, 0) is 19.1 Å². The van der Waals surface area contributed by atoms with Gasteiger partial charge in [-0.15, -0.1) is 0 Å². The molecule has 1 aliphatic heterocycles. The summed E-state index contributed by atoms with van der Waals surface area (Å²) in [6.07, 6.45) is 3.13. The second kappa shape index (κ2) is 7.36. The number of nitrogens with one attached hydrogen (secondary N) is 1. The van der Waals surface area contributed by atoms with E-state index in [4.69, 9.17) is 9.47 Å². The maximum atomic E-state index is 11.7. The molecule has 0 aromatic carbocycles. The molecule has 0 amide bonds. The molecule has 0 aromatic rings. The van der Waals surface area contributed by atoms with Crippen LogP contribution >= 0.6 is 0 Å². The standard InChI is InChI=1S/C13H23NO4/c1-4-9(12(15)17-2)8-11-10(13(16)18-3)6-5-7-14-11/h9-11,14H,4-8H2,1-3H3/t9-,10?,11?/m0/s1. The van der Waals surface area contributed by atoms with Gasteiger partial charge in [-0.05, 0) is 32.2 Å². The van der Waals surface area contributed by atoms with Gasteiger partial charge in [0, 0.05) is 6.04 Å². The number of esters is 2. The van der Waals surface area contributed by atoms with Crippen LogP contribution in [0.5, 0.6) is 0 Å². The van der Waals surface area contributed by atoms with Crippen molar-refractivity contribution in [1.29, 1.82) is 0 Å². The van der Waals surface area contributed by atoms with E-state index in [1.807, 2.05) is 6.92 Å². The molecule has 0 saturated carbocycles. The zero-order chi connectivity index (χ0) is 13.5. The predicted molar refractivity (Wildman–Crippen MR) is 66.9 cm³/mol. The van der Waals surface area contributed by atoms with Crippen LogP contribution < -0.4 is 5.32 Å². The minimum absolute atomic E-state index is 0.00949. The van der Waals surface area contributed by atoms with Gasteiger partial charge in [-0.1, -0.05) is 6.92 Å². The molecule has 3 atom stereocenters. The molecule has 104 valence electrons. The Morgan fingerprint density at radius 2 is 2.06 bits per heavy atom.